The van der Waals surface area contributed by atoms with Crippen molar-refractivity contribution in [2.45, 2.75) is 44.8 Å². The Balaban J connectivity index is 0.00000342. The zero-order valence-corrected chi connectivity index (χ0v) is 22.0. The molecule has 0 bridgehead atoms. The topological polar surface area (TPSA) is 97.9 Å². The molecule has 0 spiro atoms. The van der Waals surface area contributed by atoms with Crippen molar-refractivity contribution in [3.63, 3.8) is 0 Å². The Hall–Kier alpha value is -2.55. The summed E-state index contributed by atoms with van der Waals surface area (Å²) in [5.74, 6) is -1.65. The number of hydrogen-bond acceptors (Lipinski definition) is 5. The SMILES string of the molecule is CC(C)c1c(/C=C/C(O)CC(O)CC(=O)[O-])c(-c2ccc(F)cc2)c2c3ccccc3cnn12.[Na+]. The fraction of sp³-hybridized carbons (Fsp3) is 0.259. The van der Waals surface area contributed by atoms with Gasteiger partial charge in [0.05, 0.1) is 29.6 Å². The molecule has 35 heavy (non-hydrogen) atoms. The van der Waals surface area contributed by atoms with Crippen molar-refractivity contribution in [3.8, 4) is 11.1 Å². The number of aliphatic carboxylic acids is 1. The van der Waals surface area contributed by atoms with E-state index in [0.717, 1.165) is 38.7 Å². The molecule has 2 aromatic heterocycles. The Morgan fingerprint density at radius 2 is 1.83 bits per heavy atom. The molecule has 0 fully saturated rings. The first-order valence-electron chi connectivity index (χ1n) is 11.2. The van der Waals surface area contributed by atoms with Gasteiger partial charge in [0, 0.05) is 40.7 Å². The number of aliphatic hydroxyl groups excluding tert-OH is 2. The number of halogens is 1. The molecule has 2 atom stereocenters. The van der Waals surface area contributed by atoms with E-state index in [4.69, 9.17) is 5.10 Å². The first-order chi connectivity index (χ1) is 16.3. The minimum atomic E-state index is -1.37. The minimum Gasteiger partial charge on any atom is -0.550 e. The van der Waals surface area contributed by atoms with E-state index >= 15 is 0 Å². The molecule has 8 heteroatoms. The van der Waals surface area contributed by atoms with E-state index in [-0.39, 0.29) is 47.7 Å². The van der Waals surface area contributed by atoms with Crippen LogP contribution in [-0.2, 0) is 4.79 Å². The van der Waals surface area contributed by atoms with Crippen molar-refractivity contribution in [1.29, 1.82) is 0 Å². The summed E-state index contributed by atoms with van der Waals surface area (Å²) in [4.78, 5) is 10.7. The number of carboxylic acids is 1. The van der Waals surface area contributed by atoms with Crippen LogP contribution in [0.4, 0.5) is 4.39 Å². The van der Waals surface area contributed by atoms with Crippen LogP contribution in [0.2, 0.25) is 0 Å². The van der Waals surface area contributed by atoms with Crippen molar-refractivity contribution in [2.24, 2.45) is 0 Å². The van der Waals surface area contributed by atoms with E-state index in [2.05, 4.69) is 0 Å². The van der Waals surface area contributed by atoms with Gasteiger partial charge in [-0.1, -0.05) is 62.4 Å². The Kier molecular flexibility index (Phi) is 8.85. The first kappa shape index (κ1) is 27.0. The maximum absolute atomic E-state index is 13.7. The molecule has 0 saturated carbocycles. The zero-order chi connectivity index (χ0) is 24.4. The van der Waals surface area contributed by atoms with Crippen LogP contribution in [0.1, 0.15) is 43.9 Å². The predicted molar refractivity (Wildman–Crippen MR) is 127 cm³/mol. The molecule has 2 unspecified atom stereocenters. The number of benzene rings is 2. The smallest absolute Gasteiger partial charge is 0.550 e. The quantitative estimate of drug-likeness (QED) is 0.359. The van der Waals surface area contributed by atoms with Gasteiger partial charge in [-0.2, -0.15) is 5.10 Å². The summed E-state index contributed by atoms with van der Waals surface area (Å²) in [6.45, 7) is 4.09. The molecule has 2 heterocycles. The molecule has 6 nitrogen and oxygen atoms in total. The van der Waals surface area contributed by atoms with E-state index in [1.807, 2.05) is 42.6 Å². The first-order valence-corrected chi connectivity index (χ1v) is 11.2. The number of fused-ring (bicyclic) bond motifs is 3. The van der Waals surface area contributed by atoms with Crippen LogP contribution in [0.15, 0.2) is 60.8 Å². The van der Waals surface area contributed by atoms with Gasteiger partial charge in [-0.25, -0.2) is 8.91 Å². The van der Waals surface area contributed by atoms with Crippen LogP contribution < -0.4 is 34.7 Å². The fourth-order valence-corrected chi connectivity index (χ4v) is 4.38. The second kappa shape index (κ2) is 11.5. The third-order valence-electron chi connectivity index (χ3n) is 5.83. The second-order valence-electron chi connectivity index (χ2n) is 8.72. The Morgan fingerprint density at radius 1 is 1.14 bits per heavy atom. The molecular weight excluding hydrogens is 458 g/mol. The third-order valence-corrected chi connectivity index (χ3v) is 5.83. The van der Waals surface area contributed by atoms with Gasteiger partial charge in [0.2, 0.25) is 0 Å². The molecule has 176 valence electrons. The molecular formula is C27H26FN2NaO4. The summed E-state index contributed by atoms with van der Waals surface area (Å²) < 4.78 is 15.6. The van der Waals surface area contributed by atoms with Crippen LogP contribution in [0.3, 0.4) is 0 Å². The van der Waals surface area contributed by atoms with Crippen LogP contribution in [0.25, 0.3) is 33.5 Å². The van der Waals surface area contributed by atoms with Gasteiger partial charge in [-0.3, -0.25) is 0 Å². The van der Waals surface area contributed by atoms with Gasteiger partial charge in [-0.15, -0.1) is 0 Å². The van der Waals surface area contributed by atoms with E-state index in [0.29, 0.717) is 0 Å². The molecule has 0 amide bonds. The Morgan fingerprint density at radius 3 is 2.49 bits per heavy atom. The standard InChI is InChI=1S/C27H27FN2O4.Na/c1-16(2)26-23(12-11-20(31)13-21(32)14-24(33)34)25(17-7-9-19(28)10-8-17)27-22-6-4-3-5-18(22)15-29-30(26)27;/h3-12,15-16,20-21,31-32H,13-14H2,1-2H3,(H,33,34);/q;+1/p-1/b12-11+;. The normalized spacial score (nSPS) is 13.4. The maximum atomic E-state index is 13.7. The zero-order valence-electron chi connectivity index (χ0n) is 20.0. The number of hydrogen-bond donors (Lipinski definition) is 2. The molecule has 0 saturated heterocycles. The van der Waals surface area contributed by atoms with Crippen LogP contribution in [0, 0.1) is 5.82 Å². The fourth-order valence-electron chi connectivity index (χ4n) is 4.38. The van der Waals surface area contributed by atoms with Crippen molar-refractivity contribution >= 4 is 28.3 Å². The van der Waals surface area contributed by atoms with Gasteiger partial charge in [0.15, 0.2) is 0 Å². The number of nitrogens with zero attached hydrogens (tertiary/aromatic N) is 2. The molecule has 0 radical (unpaired) electrons. The molecule has 0 aliphatic carbocycles. The number of aromatic nitrogens is 2. The average Bonchev–Trinajstić information content (AvgIpc) is 3.12. The van der Waals surface area contributed by atoms with Gasteiger partial charge in [0.1, 0.15) is 5.82 Å². The monoisotopic (exact) mass is 484 g/mol. The second-order valence-corrected chi connectivity index (χ2v) is 8.72. The summed E-state index contributed by atoms with van der Waals surface area (Å²) >= 11 is 0. The number of carbonyl (C=O) groups is 1. The van der Waals surface area contributed by atoms with Crippen LogP contribution >= 0.6 is 0 Å². The van der Waals surface area contributed by atoms with Crippen molar-refractivity contribution in [3.05, 3.63) is 77.9 Å². The van der Waals surface area contributed by atoms with Crippen LogP contribution in [0.5, 0.6) is 0 Å². The Labute approximate surface area is 225 Å². The van der Waals surface area contributed by atoms with Crippen molar-refractivity contribution in [2.75, 3.05) is 0 Å². The number of carboxylic acid groups (broad SMARTS) is 1. The van der Waals surface area contributed by atoms with Crippen molar-refractivity contribution in [1.82, 2.24) is 9.61 Å². The summed E-state index contributed by atoms with van der Waals surface area (Å²) in [5, 5.41) is 37.7. The van der Waals surface area contributed by atoms with Gasteiger partial charge in [-0.05, 0) is 23.6 Å². The molecule has 0 aliphatic rings. The predicted octanol–water partition coefficient (Wildman–Crippen LogP) is 0.686. The molecule has 4 rings (SSSR count). The molecule has 2 aromatic carbocycles. The van der Waals surface area contributed by atoms with Crippen LogP contribution in [-0.4, -0.2) is 38.0 Å². The van der Waals surface area contributed by atoms with E-state index in [9.17, 15) is 24.5 Å². The van der Waals surface area contributed by atoms with Gasteiger partial charge >= 0.3 is 29.6 Å². The Bertz CT molecular complexity index is 1370. The van der Waals surface area contributed by atoms with E-state index in [1.165, 1.54) is 18.2 Å². The van der Waals surface area contributed by atoms with Gasteiger partial charge < -0.3 is 20.1 Å². The maximum Gasteiger partial charge on any atom is 1.00 e. The third kappa shape index (κ3) is 5.82. The molecule has 4 aromatic rings. The summed E-state index contributed by atoms with van der Waals surface area (Å²) in [5.41, 5.74) is 4.26. The molecule has 0 aliphatic heterocycles. The number of aliphatic hydroxyl groups is 2. The van der Waals surface area contributed by atoms with Crippen molar-refractivity contribution < 1.29 is 54.1 Å². The minimum absolute atomic E-state index is 0. The van der Waals surface area contributed by atoms with Gasteiger partial charge in [0.25, 0.3) is 0 Å². The molecule has 2 N–H and O–H groups in total. The summed E-state index contributed by atoms with van der Waals surface area (Å²) in [7, 11) is 0. The summed E-state index contributed by atoms with van der Waals surface area (Å²) in [6, 6.07) is 14.1. The van der Waals surface area contributed by atoms with E-state index in [1.54, 1.807) is 24.4 Å². The summed E-state index contributed by atoms with van der Waals surface area (Å²) in [6.07, 6.45) is 2.15. The van der Waals surface area contributed by atoms with E-state index < -0.39 is 24.6 Å². The number of carbonyl (C=O) groups excluding carboxylic acids is 1. The number of rotatable bonds is 8. The average molecular weight is 485 g/mol. The largest absolute Gasteiger partial charge is 1.00 e.